The molecule has 2 nitrogen and oxygen atoms in total. The van der Waals surface area contributed by atoms with Gasteiger partial charge in [-0.25, -0.2) is 0 Å². The molecule has 1 N–H and O–H groups in total. The quantitative estimate of drug-likeness (QED) is 0.651. The fraction of sp³-hybridized carbons (Fsp3) is 0.909. The topological polar surface area (TPSA) is 37.3 Å². The third kappa shape index (κ3) is 34.0. The van der Waals surface area contributed by atoms with E-state index in [4.69, 9.17) is 5.11 Å². The summed E-state index contributed by atoms with van der Waals surface area (Å²) in [6, 6.07) is 0. The molecule has 13 heavy (non-hydrogen) atoms. The van der Waals surface area contributed by atoms with Crippen LogP contribution in [0.1, 0.15) is 59.3 Å². The number of hydrogen-bond acceptors (Lipinski definition) is 2. The van der Waals surface area contributed by atoms with E-state index in [1.807, 2.05) is 0 Å². The zero-order valence-electron chi connectivity index (χ0n) is 9.31. The van der Waals surface area contributed by atoms with Crippen molar-refractivity contribution >= 4 is 5.78 Å². The second kappa shape index (κ2) is 14.2. The minimum atomic E-state index is 0.167. The molecule has 0 aromatic heterocycles. The largest absolute Gasteiger partial charge is 0.396 e. The summed E-state index contributed by atoms with van der Waals surface area (Å²) >= 11 is 0. The Labute approximate surface area is 82.4 Å². The highest BCUT2D eigenvalue weighted by molar-refractivity contribution is 5.72. The van der Waals surface area contributed by atoms with Crippen LogP contribution >= 0.6 is 0 Å². The fourth-order valence-electron chi connectivity index (χ4n) is 0.892. The van der Waals surface area contributed by atoms with Crippen molar-refractivity contribution in [2.45, 2.75) is 59.3 Å². The number of aliphatic hydroxyl groups excluding tert-OH is 1. The molecule has 0 heterocycles. The van der Waals surface area contributed by atoms with Gasteiger partial charge in [-0.2, -0.15) is 0 Å². The molecule has 0 unspecified atom stereocenters. The molecule has 2 heteroatoms. The zero-order valence-corrected chi connectivity index (χ0v) is 9.31. The molecule has 0 spiro atoms. The second-order valence-electron chi connectivity index (χ2n) is 3.40. The first-order valence-corrected chi connectivity index (χ1v) is 5.23. The van der Waals surface area contributed by atoms with E-state index in [9.17, 15) is 4.79 Å². The van der Waals surface area contributed by atoms with Crippen LogP contribution in [-0.4, -0.2) is 17.5 Å². The average Bonchev–Trinajstić information content (AvgIpc) is 2.03. The Hall–Kier alpha value is -0.370. The lowest BCUT2D eigenvalue weighted by atomic mass is 10.1. The summed E-state index contributed by atoms with van der Waals surface area (Å²) in [6.07, 6.45) is 7.50. The van der Waals surface area contributed by atoms with Crippen molar-refractivity contribution in [3.63, 3.8) is 0 Å². The summed E-state index contributed by atoms with van der Waals surface area (Å²) < 4.78 is 0. The Bertz CT molecular complexity index is 90.3. The molecule has 0 fully saturated rings. The average molecular weight is 188 g/mol. The monoisotopic (exact) mass is 188 g/mol. The summed E-state index contributed by atoms with van der Waals surface area (Å²) in [7, 11) is 0. The zero-order chi connectivity index (χ0) is 10.5. The minimum Gasteiger partial charge on any atom is -0.396 e. The van der Waals surface area contributed by atoms with Gasteiger partial charge in [-0.05, 0) is 20.3 Å². The van der Waals surface area contributed by atoms with Crippen molar-refractivity contribution in [1.82, 2.24) is 0 Å². The maximum absolute atomic E-state index is 9.44. The van der Waals surface area contributed by atoms with Crippen molar-refractivity contribution in [1.29, 1.82) is 0 Å². The number of hydrogen-bond donors (Lipinski definition) is 1. The highest BCUT2D eigenvalue weighted by Crippen LogP contribution is 2.03. The van der Waals surface area contributed by atoms with Gasteiger partial charge in [0.05, 0.1) is 0 Å². The van der Waals surface area contributed by atoms with Gasteiger partial charge in [-0.1, -0.05) is 39.0 Å². The van der Waals surface area contributed by atoms with Crippen LogP contribution in [-0.2, 0) is 4.79 Å². The molecule has 0 bridgehead atoms. The Morgan fingerprint density at radius 2 is 1.38 bits per heavy atom. The second-order valence-corrected chi connectivity index (χ2v) is 3.40. The molecule has 0 saturated carbocycles. The lowest BCUT2D eigenvalue weighted by Gasteiger charge is -1.95. The molecule has 0 aliphatic heterocycles. The Morgan fingerprint density at radius 3 is 1.77 bits per heavy atom. The van der Waals surface area contributed by atoms with Gasteiger partial charge in [0.2, 0.25) is 0 Å². The third-order valence-corrected chi connectivity index (χ3v) is 1.51. The summed E-state index contributed by atoms with van der Waals surface area (Å²) in [5.41, 5.74) is 0. The molecule has 80 valence electrons. The molecule has 0 aliphatic carbocycles. The van der Waals surface area contributed by atoms with E-state index in [-0.39, 0.29) is 5.78 Å². The molecule has 0 amide bonds. The van der Waals surface area contributed by atoms with Gasteiger partial charge in [0.15, 0.2) is 0 Å². The summed E-state index contributed by atoms with van der Waals surface area (Å²) in [5, 5.41) is 8.42. The van der Waals surface area contributed by atoms with Crippen LogP contribution in [0, 0.1) is 0 Å². The number of Topliss-reactive ketones (excluding diaryl/α,β-unsaturated/α-hetero) is 1. The summed E-state index contributed by atoms with van der Waals surface area (Å²) in [4.78, 5) is 9.44. The fourth-order valence-corrected chi connectivity index (χ4v) is 0.892. The van der Waals surface area contributed by atoms with Gasteiger partial charge in [-0.15, -0.1) is 0 Å². The first-order chi connectivity index (χ1) is 6.15. The lowest BCUT2D eigenvalue weighted by Crippen LogP contribution is -1.82. The predicted octanol–water partition coefficient (Wildman–Crippen LogP) is 2.93. The standard InChI is InChI=1S/C8H18O.C3H6O/c1-2-3-4-5-6-7-8-9;1-3(2)4/h9H,2-8H2,1H3;1-2H3. The normalized spacial score (nSPS) is 8.92. The highest BCUT2D eigenvalue weighted by Gasteiger charge is 1.86. The van der Waals surface area contributed by atoms with Crippen LogP contribution in [0.5, 0.6) is 0 Å². The lowest BCUT2D eigenvalue weighted by molar-refractivity contribution is -0.114. The molecular formula is C11H24O2. The number of rotatable bonds is 6. The van der Waals surface area contributed by atoms with Gasteiger partial charge < -0.3 is 9.90 Å². The molecule has 0 aliphatic rings. The number of unbranched alkanes of at least 4 members (excludes halogenated alkanes) is 5. The number of aliphatic hydroxyl groups is 1. The molecule has 0 aromatic carbocycles. The molecule has 0 atom stereocenters. The molecule has 0 aromatic rings. The van der Waals surface area contributed by atoms with E-state index in [0.717, 1.165) is 6.42 Å². The van der Waals surface area contributed by atoms with E-state index in [0.29, 0.717) is 6.61 Å². The van der Waals surface area contributed by atoms with Crippen LogP contribution in [0.2, 0.25) is 0 Å². The Kier molecular flexibility index (Phi) is 16.5. The van der Waals surface area contributed by atoms with E-state index < -0.39 is 0 Å². The molecular weight excluding hydrogens is 164 g/mol. The van der Waals surface area contributed by atoms with Crippen molar-refractivity contribution < 1.29 is 9.90 Å². The van der Waals surface area contributed by atoms with Crippen LogP contribution in [0.4, 0.5) is 0 Å². The maximum Gasteiger partial charge on any atom is 0.126 e. The van der Waals surface area contributed by atoms with Crippen molar-refractivity contribution in [2.24, 2.45) is 0 Å². The summed E-state index contributed by atoms with van der Waals surface area (Å²) in [5.74, 6) is 0.167. The van der Waals surface area contributed by atoms with Crippen LogP contribution < -0.4 is 0 Å². The van der Waals surface area contributed by atoms with E-state index >= 15 is 0 Å². The van der Waals surface area contributed by atoms with E-state index in [1.54, 1.807) is 0 Å². The highest BCUT2D eigenvalue weighted by atomic mass is 16.2. The Morgan fingerprint density at radius 1 is 1.00 bits per heavy atom. The van der Waals surface area contributed by atoms with Gasteiger partial charge >= 0.3 is 0 Å². The van der Waals surface area contributed by atoms with Crippen molar-refractivity contribution in [3.8, 4) is 0 Å². The minimum absolute atomic E-state index is 0.167. The number of carbonyl (C=O) groups is 1. The molecule has 0 rings (SSSR count). The smallest absolute Gasteiger partial charge is 0.126 e. The number of carbonyl (C=O) groups excluding carboxylic acids is 1. The SMILES string of the molecule is CC(C)=O.CCCCCCCCO. The predicted molar refractivity (Wildman–Crippen MR) is 56.8 cm³/mol. The maximum atomic E-state index is 9.44. The third-order valence-electron chi connectivity index (χ3n) is 1.51. The van der Waals surface area contributed by atoms with Gasteiger partial charge in [0.25, 0.3) is 0 Å². The van der Waals surface area contributed by atoms with Crippen LogP contribution in [0.15, 0.2) is 0 Å². The molecule has 0 radical (unpaired) electrons. The van der Waals surface area contributed by atoms with Crippen molar-refractivity contribution in [3.05, 3.63) is 0 Å². The Balaban J connectivity index is 0. The van der Waals surface area contributed by atoms with Crippen molar-refractivity contribution in [2.75, 3.05) is 6.61 Å². The number of ketones is 1. The van der Waals surface area contributed by atoms with E-state index in [2.05, 4.69) is 6.92 Å². The first-order valence-electron chi connectivity index (χ1n) is 5.23. The summed E-state index contributed by atoms with van der Waals surface area (Å²) in [6.45, 7) is 5.64. The van der Waals surface area contributed by atoms with Gasteiger partial charge in [-0.3, -0.25) is 0 Å². The van der Waals surface area contributed by atoms with Crippen LogP contribution in [0.3, 0.4) is 0 Å². The van der Waals surface area contributed by atoms with Crippen LogP contribution in [0.25, 0.3) is 0 Å². The van der Waals surface area contributed by atoms with E-state index in [1.165, 1.54) is 46.0 Å². The molecule has 0 saturated heterocycles. The van der Waals surface area contributed by atoms with Gasteiger partial charge in [0.1, 0.15) is 5.78 Å². The van der Waals surface area contributed by atoms with Gasteiger partial charge in [0, 0.05) is 6.61 Å². The first kappa shape index (κ1) is 15.1.